The van der Waals surface area contributed by atoms with Gasteiger partial charge < -0.3 is 5.11 Å². The molecular weight excluding hydrogens is 290 g/mol. The number of hydrogen-bond acceptors (Lipinski definition) is 2. The molecule has 0 saturated heterocycles. The van der Waals surface area contributed by atoms with Gasteiger partial charge in [0.25, 0.3) is 0 Å². The summed E-state index contributed by atoms with van der Waals surface area (Å²) in [6, 6.07) is 9.98. The Kier molecular flexibility index (Phi) is 3.83. The largest absolute Gasteiger partial charge is 0.385 e. The molecule has 1 aromatic carbocycles. The Morgan fingerprint density at radius 1 is 1.22 bits per heavy atom. The molecule has 2 rings (SSSR count). The van der Waals surface area contributed by atoms with Crippen molar-refractivity contribution in [2.75, 3.05) is 0 Å². The molecule has 0 fully saturated rings. The number of aromatic nitrogens is 1. The van der Waals surface area contributed by atoms with Crippen molar-refractivity contribution in [1.29, 1.82) is 0 Å². The lowest BCUT2D eigenvalue weighted by Crippen LogP contribution is -2.24. The van der Waals surface area contributed by atoms with Crippen LogP contribution in [-0.4, -0.2) is 10.1 Å². The number of benzene rings is 1. The molecule has 0 aliphatic carbocycles. The summed E-state index contributed by atoms with van der Waals surface area (Å²) in [7, 11) is 0. The third-order valence-electron chi connectivity index (χ3n) is 2.96. The van der Waals surface area contributed by atoms with Gasteiger partial charge in [-0.1, -0.05) is 34.1 Å². The zero-order valence-electron chi connectivity index (χ0n) is 10.5. The van der Waals surface area contributed by atoms with Gasteiger partial charge in [0.1, 0.15) is 0 Å². The normalized spacial score (nSPS) is 14.2. The first kappa shape index (κ1) is 13.2. The van der Waals surface area contributed by atoms with Crippen LogP contribution in [0.15, 0.2) is 47.2 Å². The van der Waals surface area contributed by atoms with Crippen molar-refractivity contribution in [2.24, 2.45) is 0 Å². The standard InChI is InChI=1S/C15H16BrNO/c1-11-7-13(10-17-9-11)15(2,18)8-12-3-5-14(16)6-4-12/h3-7,9-10,18H,8H2,1-2H3. The van der Waals surface area contributed by atoms with E-state index in [0.29, 0.717) is 6.42 Å². The first-order valence-corrected chi connectivity index (χ1v) is 6.66. The summed E-state index contributed by atoms with van der Waals surface area (Å²) < 4.78 is 1.04. The van der Waals surface area contributed by atoms with Gasteiger partial charge in [-0.15, -0.1) is 0 Å². The average Bonchev–Trinajstić information content (AvgIpc) is 2.32. The Morgan fingerprint density at radius 2 is 1.89 bits per heavy atom. The fraction of sp³-hybridized carbons (Fsp3) is 0.267. The van der Waals surface area contributed by atoms with Crippen LogP contribution in [0.2, 0.25) is 0 Å². The number of nitrogens with zero attached hydrogens (tertiary/aromatic N) is 1. The summed E-state index contributed by atoms with van der Waals surface area (Å²) in [6.07, 6.45) is 4.09. The molecule has 1 atom stereocenters. The molecule has 18 heavy (non-hydrogen) atoms. The first-order chi connectivity index (χ1) is 8.47. The van der Waals surface area contributed by atoms with E-state index in [2.05, 4.69) is 20.9 Å². The van der Waals surface area contributed by atoms with Gasteiger partial charge in [-0.05, 0) is 37.1 Å². The van der Waals surface area contributed by atoms with Gasteiger partial charge in [-0.2, -0.15) is 0 Å². The lowest BCUT2D eigenvalue weighted by Gasteiger charge is -2.24. The Hall–Kier alpha value is -1.19. The highest BCUT2D eigenvalue weighted by molar-refractivity contribution is 9.10. The highest BCUT2D eigenvalue weighted by atomic mass is 79.9. The van der Waals surface area contributed by atoms with Crippen molar-refractivity contribution < 1.29 is 5.11 Å². The number of aryl methyl sites for hydroxylation is 1. The Labute approximate surface area is 116 Å². The molecule has 0 aliphatic rings. The maximum absolute atomic E-state index is 10.6. The molecular formula is C15H16BrNO. The second kappa shape index (κ2) is 5.21. The molecule has 0 amide bonds. The predicted molar refractivity (Wildman–Crippen MR) is 76.4 cm³/mol. The summed E-state index contributed by atoms with van der Waals surface area (Å²) >= 11 is 3.41. The van der Waals surface area contributed by atoms with Crippen molar-refractivity contribution in [3.8, 4) is 0 Å². The van der Waals surface area contributed by atoms with Gasteiger partial charge in [-0.3, -0.25) is 4.98 Å². The van der Waals surface area contributed by atoms with Gasteiger partial charge in [-0.25, -0.2) is 0 Å². The molecule has 94 valence electrons. The summed E-state index contributed by atoms with van der Waals surface area (Å²) in [5.41, 5.74) is 2.12. The second-order valence-corrected chi connectivity index (χ2v) is 5.74. The van der Waals surface area contributed by atoms with Gasteiger partial charge in [0.05, 0.1) is 5.60 Å². The minimum atomic E-state index is -0.896. The SMILES string of the molecule is Cc1cncc(C(C)(O)Cc2ccc(Br)cc2)c1. The Balaban J connectivity index is 2.23. The van der Waals surface area contributed by atoms with Crippen molar-refractivity contribution in [3.05, 3.63) is 63.9 Å². The fourth-order valence-electron chi connectivity index (χ4n) is 1.95. The van der Waals surface area contributed by atoms with Gasteiger partial charge in [0.2, 0.25) is 0 Å². The van der Waals surface area contributed by atoms with E-state index in [1.165, 1.54) is 0 Å². The molecule has 0 radical (unpaired) electrons. The van der Waals surface area contributed by atoms with E-state index in [0.717, 1.165) is 21.2 Å². The van der Waals surface area contributed by atoms with Crippen LogP contribution < -0.4 is 0 Å². The summed E-state index contributed by atoms with van der Waals surface area (Å²) in [4.78, 5) is 4.14. The summed E-state index contributed by atoms with van der Waals surface area (Å²) in [5, 5.41) is 10.6. The first-order valence-electron chi connectivity index (χ1n) is 5.86. The van der Waals surface area contributed by atoms with E-state index in [9.17, 15) is 5.11 Å². The highest BCUT2D eigenvalue weighted by Gasteiger charge is 2.23. The van der Waals surface area contributed by atoms with Crippen molar-refractivity contribution >= 4 is 15.9 Å². The number of pyridine rings is 1. The van der Waals surface area contributed by atoms with Crippen LogP contribution in [0.4, 0.5) is 0 Å². The van der Waals surface area contributed by atoms with Gasteiger partial charge in [0, 0.05) is 28.9 Å². The molecule has 0 bridgehead atoms. The van der Waals surface area contributed by atoms with Crippen LogP contribution in [0, 0.1) is 6.92 Å². The molecule has 1 heterocycles. The lowest BCUT2D eigenvalue weighted by molar-refractivity contribution is 0.0572. The number of rotatable bonds is 3. The molecule has 2 nitrogen and oxygen atoms in total. The molecule has 0 spiro atoms. The van der Waals surface area contributed by atoms with E-state index >= 15 is 0 Å². The molecule has 0 aliphatic heterocycles. The van der Waals surface area contributed by atoms with Crippen LogP contribution in [0.25, 0.3) is 0 Å². The van der Waals surface area contributed by atoms with E-state index in [1.54, 1.807) is 12.4 Å². The third-order valence-corrected chi connectivity index (χ3v) is 3.49. The van der Waals surface area contributed by atoms with Crippen molar-refractivity contribution in [1.82, 2.24) is 4.98 Å². The van der Waals surface area contributed by atoms with Crippen molar-refractivity contribution in [3.63, 3.8) is 0 Å². The maximum Gasteiger partial charge on any atom is 0.0923 e. The lowest BCUT2D eigenvalue weighted by atomic mass is 9.89. The monoisotopic (exact) mass is 305 g/mol. The Bertz CT molecular complexity index is 534. The number of aliphatic hydroxyl groups is 1. The summed E-state index contributed by atoms with van der Waals surface area (Å²) in [5.74, 6) is 0. The summed E-state index contributed by atoms with van der Waals surface area (Å²) in [6.45, 7) is 3.80. The number of halogens is 1. The highest BCUT2D eigenvalue weighted by Crippen LogP contribution is 2.25. The molecule has 0 saturated carbocycles. The molecule has 1 unspecified atom stereocenters. The molecule has 1 aromatic heterocycles. The van der Waals surface area contributed by atoms with Crippen LogP contribution >= 0.6 is 15.9 Å². The smallest absolute Gasteiger partial charge is 0.0923 e. The van der Waals surface area contributed by atoms with E-state index in [-0.39, 0.29) is 0 Å². The quantitative estimate of drug-likeness (QED) is 0.940. The second-order valence-electron chi connectivity index (χ2n) is 4.83. The minimum Gasteiger partial charge on any atom is -0.385 e. The predicted octanol–water partition coefficient (Wildman–Crippen LogP) is 3.60. The molecule has 2 aromatic rings. The molecule has 3 heteroatoms. The zero-order valence-corrected chi connectivity index (χ0v) is 12.1. The fourth-order valence-corrected chi connectivity index (χ4v) is 2.22. The van der Waals surface area contributed by atoms with E-state index in [4.69, 9.17) is 0 Å². The van der Waals surface area contributed by atoms with Crippen LogP contribution in [0.3, 0.4) is 0 Å². The van der Waals surface area contributed by atoms with E-state index < -0.39 is 5.60 Å². The van der Waals surface area contributed by atoms with Crippen molar-refractivity contribution in [2.45, 2.75) is 25.9 Å². The maximum atomic E-state index is 10.6. The number of hydrogen-bond donors (Lipinski definition) is 1. The van der Waals surface area contributed by atoms with Crippen LogP contribution in [0.5, 0.6) is 0 Å². The van der Waals surface area contributed by atoms with Gasteiger partial charge in [0.15, 0.2) is 0 Å². The van der Waals surface area contributed by atoms with Gasteiger partial charge >= 0.3 is 0 Å². The van der Waals surface area contributed by atoms with Crippen LogP contribution in [0.1, 0.15) is 23.6 Å². The third kappa shape index (κ3) is 3.18. The van der Waals surface area contributed by atoms with Crippen LogP contribution in [-0.2, 0) is 12.0 Å². The zero-order chi connectivity index (χ0) is 13.2. The average molecular weight is 306 g/mol. The Morgan fingerprint density at radius 3 is 2.50 bits per heavy atom. The minimum absolute atomic E-state index is 0.575. The van der Waals surface area contributed by atoms with E-state index in [1.807, 2.05) is 44.2 Å². The molecule has 1 N–H and O–H groups in total. The topological polar surface area (TPSA) is 33.1 Å².